The average Bonchev–Trinajstić information content (AvgIpc) is 2.54. The van der Waals surface area contributed by atoms with Gasteiger partial charge < -0.3 is 0 Å². The van der Waals surface area contributed by atoms with Crippen molar-refractivity contribution in [2.45, 2.75) is 6.92 Å². The number of amides is 1. The lowest BCUT2D eigenvalue weighted by molar-refractivity contribution is -0.384. The van der Waals surface area contributed by atoms with Gasteiger partial charge in [-0.1, -0.05) is 11.3 Å². The molecule has 1 heterocycles. The maximum atomic E-state index is 11.6. The molecule has 0 aliphatic carbocycles. The molecule has 0 aliphatic rings. The number of nitrogens with one attached hydrogen (secondary N) is 1. The molecule has 0 spiro atoms. The molecule has 1 amide bonds. The second-order valence-corrected chi connectivity index (χ2v) is 4.27. The number of fused-ring (bicyclic) bond motifs is 1. The van der Waals surface area contributed by atoms with E-state index in [4.69, 9.17) is 0 Å². The Morgan fingerprint density at radius 2 is 2.24 bits per heavy atom. The molecule has 8 heteroatoms. The lowest BCUT2D eigenvalue weighted by Crippen LogP contribution is -2.27. The molecule has 7 nitrogen and oxygen atoms in total. The molecule has 2 aromatic rings. The smallest absolute Gasteiger partial charge is 0.274 e. The minimum Gasteiger partial charge on any atom is -0.274 e. The highest BCUT2D eigenvalue weighted by atomic mass is 32.1. The van der Waals surface area contributed by atoms with Crippen LogP contribution in [-0.2, 0) is 4.79 Å². The molecular formula is C9H7N3O4S. The minimum absolute atomic E-state index is 0.0891. The van der Waals surface area contributed by atoms with Crippen LogP contribution < -0.4 is 10.3 Å². The van der Waals surface area contributed by atoms with Gasteiger partial charge in [0, 0.05) is 19.1 Å². The highest BCUT2D eigenvalue weighted by molar-refractivity contribution is 7.16. The van der Waals surface area contributed by atoms with E-state index >= 15 is 0 Å². The fourth-order valence-electron chi connectivity index (χ4n) is 1.38. The quantitative estimate of drug-likeness (QED) is 0.639. The minimum atomic E-state index is -0.535. The maximum absolute atomic E-state index is 11.6. The Morgan fingerprint density at radius 1 is 1.53 bits per heavy atom. The number of carbonyl (C=O) groups is 1. The number of nitrogens with zero attached hydrogens (tertiary/aromatic N) is 2. The van der Waals surface area contributed by atoms with Crippen LogP contribution in [0.5, 0.6) is 0 Å². The van der Waals surface area contributed by atoms with Crippen molar-refractivity contribution >= 4 is 33.1 Å². The molecule has 1 aromatic heterocycles. The molecule has 88 valence electrons. The van der Waals surface area contributed by atoms with Crippen LogP contribution >= 0.6 is 11.3 Å². The fraction of sp³-hybridized carbons (Fsp3) is 0.111. The van der Waals surface area contributed by atoms with Gasteiger partial charge in [-0.05, 0) is 6.07 Å². The lowest BCUT2D eigenvalue weighted by Gasteiger charge is -2.02. The van der Waals surface area contributed by atoms with E-state index in [2.05, 4.69) is 5.43 Å². The number of carbonyl (C=O) groups excluding carboxylic acids is 1. The van der Waals surface area contributed by atoms with Gasteiger partial charge in [0.25, 0.3) is 5.69 Å². The largest absolute Gasteiger partial charge is 0.326 e. The van der Waals surface area contributed by atoms with Crippen molar-refractivity contribution in [1.82, 2.24) is 4.68 Å². The monoisotopic (exact) mass is 253 g/mol. The molecule has 0 aliphatic heterocycles. The van der Waals surface area contributed by atoms with Crippen LogP contribution in [0.3, 0.4) is 0 Å². The summed E-state index contributed by atoms with van der Waals surface area (Å²) in [5, 5.41) is 10.6. The number of rotatable bonds is 2. The van der Waals surface area contributed by atoms with Gasteiger partial charge in [-0.2, -0.15) is 0 Å². The number of hydrogen-bond acceptors (Lipinski definition) is 5. The van der Waals surface area contributed by atoms with Crippen LogP contribution in [0, 0.1) is 10.1 Å². The fourth-order valence-corrected chi connectivity index (χ4v) is 2.25. The molecule has 1 N–H and O–H groups in total. The molecule has 0 bridgehead atoms. The van der Waals surface area contributed by atoms with Gasteiger partial charge >= 0.3 is 4.87 Å². The van der Waals surface area contributed by atoms with Gasteiger partial charge in [0.1, 0.15) is 0 Å². The third-order valence-corrected chi connectivity index (χ3v) is 2.95. The van der Waals surface area contributed by atoms with Crippen LogP contribution in [0.25, 0.3) is 10.2 Å². The maximum Gasteiger partial charge on any atom is 0.326 e. The van der Waals surface area contributed by atoms with E-state index in [-0.39, 0.29) is 11.6 Å². The Kier molecular flexibility index (Phi) is 2.64. The Hall–Kier alpha value is -2.22. The molecule has 1 aromatic carbocycles. The number of benzene rings is 1. The summed E-state index contributed by atoms with van der Waals surface area (Å²) in [5.74, 6) is -0.384. The van der Waals surface area contributed by atoms with E-state index in [0.717, 1.165) is 16.0 Å². The Balaban J connectivity index is 2.64. The van der Waals surface area contributed by atoms with Crippen LogP contribution in [0.15, 0.2) is 23.0 Å². The number of nitro groups is 1. The molecule has 0 saturated heterocycles. The van der Waals surface area contributed by atoms with E-state index in [1.54, 1.807) is 0 Å². The summed E-state index contributed by atoms with van der Waals surface area (Å²) < 4.78 is 1.53. The number of nitro benzene ring substituents is 1. The van der Waals surface area contributed by atoms with Gasteiger partial charge in [0.05, 0.1) is 15.1 Å². The molecule has 2 rings (SSSR count). The molecule has 0 unspecified atom stereocenters. The van der Waals surface area contributed by atoms with E-state index in [0.29, 0.717) is 10.2 Å². The van der Waals surface area contributed by atoms with Gasteiger partial charge in [-0.15, -0.1) is 0 Å². The van der Waals surface area contributed by atoms with Crippen LogP contribution in [-0.4, -0.2) is 15.5 Å². The first-order chi connectivity index (χ1) is 7.99. The molecule has 0 atom stereocenters. The Morgan fingerprint density at radius 3 is 2.82 bits per heavy atom. The zero-order chi connectivity index (χ0) is 12.6. The molecule has 0 radical (unpaired) electrons. The van der Waals surface area contributed by atoms with Gasteiger partial charge in [-0.3, -0.25) is 25.1 Å². The van der Waals surface area contributed by atoms with Crippen LogP contribution in [0.4, 0.5) is 5.69 Å². The van der Waals surface area contributed by atoms with E-state index in [1.807, 2.05) is 0 Å². The van der Waals surface area contributed by atoms with Crippen molar-refractivity contribution < 1.29 is 9.72 Å². The van der Waals surface area contributed by atoms with Gasteiger partial charge in [-0.25, -0.2) is 4.68 Å². The first-order valence-electron chi connectivity index (χ1n) is 4.56. The number of thiazole rings is 1. The molecule has 17 heavy (non-hydrogen) atoms. The second-order valence-electron chi connectivity index (χ2n) is 3.28. The second kappa shape index (κ2) is 3.98. The van der Waals surface area contributed by atoms with E-state index in [9.17, 15) is 19.7 Å². The Bertz CT molecular complexity index is 672. The molecule has 0 fully saturated rings. The summed E-state index contributed by atoms with van der Waals surface area (Å²) in [6.07, 6.45) is 0. The summed E-state index contributed by atoms with van der Waals surface area (Å²) >= 11 is 0.841. The molecule has 0 saturated carbocycles. The van der Waals surface area contributed by atoms with Crippen molar-refractivity contribution in [2.75, 3.05) is 5.43 Å². The van der Waals surface area contributed by atoms with E-state index < -0.39 is 9.80 Å². The zero-order valence-electron chi connectivity index (χ0n) is 8.67. The average molecular weight is 253 g/mol. The first kappa shape index (κ1) is 11.3. The highest BCUT2D eigenvalue weighted by Gasteiger charge is 2.12. The Labute approximate surface area is 98.4 Å². The molecular weight excluding hydrogens is 246 g/mol. The summed E-state index contributed by atoms with van der Waals surface area (Å²) in [4.78, 5) is 32.1. The van der Waals surface area contributed by atoms with Gasteiger partial charge in [0.2, 0.25) is 5.91 Å². The van der Waals surface area contributed by atoms with Crippen molar-refractivity contribution in [3.8, 4) is 0 Å². The zero-order valence-corrected chi connectivity index (χ0v) is 9.48. The first-order valence-corrected chi connectivity index (χ1v) is 5.38. The third-order valence-electron chi connectivity index (χ3n) is 2.04. The predicted molar refractivity (Wildman–Crippen MR) is 62.8 cm³/mol. The van der Waals surface area contributed by atoms with Crippen molar-refractivity contribution in [3.63, 3.8) is 0 Å². The normalized spacial score (nSPS) is 10.4. The predicted octanol–water partition coefficient (Wildman–Crippen LogP) is 1.06. The number of hydrogen-bond donors (Lipinski definition) is 1. The summed E-state index contributed by atoms with van der Waals surface area (Å²) in [5.41, 5.74) is 2.71. The van der Waals surface area contributed by atoms with Crippen molar-refractivity contribution in [2.24, 2.45) is 0 Å². The van der Waals surface area contributed by atoms with Crippen molar-refractivity contribution in [3.05, 3.63) is 38.0 Å². The lowest BCUT2D eigenvalue weighted by atomic mass is 10.3. The number of non-ortho nitro benzene ring substituents is 1. The standard InChI is InChI=1S/C9H7N3O4S/c1-5(13)10-11-7-3-2-6(12(15)16)4-8(7)17-9(11)14/h2-4H,1H3,(H,10,13). The number of aromatic nitrogens is 1. The summed E-state index contributed by atoms with van der Waals surface area (Å²) in [7, 11) is 0. The SMILES string of the molecule is CC(=O)Nn1c(=O)sc2cc([N+](=O)[O-])ccc21. The highest BCUT2D eigenvalue weighted by Crippen LogP contribution is 2.22. The summed E-state index contributed by atoms with van der Waals surface area (Å²) in [6, 6.07) is 4.02. The van der Waals surface area contributed by atoms with E-state index in [1.165, 1.54) is 25.1 Å². The van der Waals surface area contributed by atoms with Crippen LogP contribution in [0.2, 0.25) is 0 Å². The van der Waals surface area contributed by atoms with Gasteiger partial charge in [0.15, 0.2) is 0 Å². The topological polar surface area (TPSA) is 94.2 Å². The van der Waals surface area contributed by atoms with Crippen molar-refractivity contribution in [1.29, 1.82) is 0 Å². The van der Waals surface area contributed by atoms with Crippen LogP contribution in [0.1, 0.15) is 6.92 Å². The summed E-state index contributed by atoms with van der Waals surface area (Å²) in [6.45, 7) is 1.28. The third kappa shape index (κ3) is 2.02.